The Morgan fingerprint density at radius 2 is 1.93 bits per heavy atom. The summed E-state index contributed by atoms with van der Waals surface area (Å²) in [6, 6.07) is 0.116. The predicted molar refractivity (Wildman–Crippen MR) is 108 cm³/mol. The third-order valence-electron chi connectivity index (χ3n) is 5.70. The lowest BCUT2D eigenvalue weighted by Gasteiger charge is -2.33. The first-order valence-electron chi connectivity index (χ1n) is 10.2. The average molecular weight is 381 g/mol. The summed E-state index contributed by atoms with van der Waals surface area (Å²) in [5.41, 5.74) is 2.46. The van der Waals surface area contributed by atoms with Gasteiger partial charge in [0.2, 0.25) is 5.91 Å². The van der Waals surface area contributed by atoms with Crippen LogP contribution < -0.4 is 5.32 Å². The molecule has 1 aromatic heterocycles. The van der Waals surface area contributed by atoms with Gasteiger partial charge in [0.05, 0.1) is 11.3 Å². The van der Waals surface area contributed by atoms with Crippen molar-refractivity contribution in [2.24, 2.45) is 0 Å². The molecule has 2 aliphatic heterocycles. The number of aromatic nitrogens is 2. The summed E-state index contributed by atoms with van der Waals surface area (Å²) in [4.78, 5) is 37.8. The number of allylic oxidation sites excluding steroid dienone is 2. The molecular weight excluding hydrogens is 354 g/mol. The number of hydrogen-bond donors (Lipinski definition) is 1. The van der Waals surface area contributed by atoms with Gasteiger partial charge in [0, 0.05) is 44.2 Å². The first-order valence-corrected chi connectivity index (χ1v) is 10.2. The zero-order valence-corrected chi connectivity index (χ0v) is 16.4. The maximum absolute atomic E-state index is 13.0. The molecule has 0 spiro atoms. The van der Waals surface area contributed by atoms with E-state index in [1.54, 1.807) is 18.5 Å². The second kappa shape index (κ2) is 8.12. The largest absolute Gasteiger partial charge is 0.365 e. The van der Waals surface area contributed by atoms with Crippen LogP contribution in [0.5, 0.6) is 0 Å². The predicted octanol–water partition coefficient (Wildman–Crippen LogP) is 2.02. The van der Waals surface area contributed by atoms with Crippen molar-refractivity contribution in [3.63, 3.8) is 0 Å². The van der Waals surface area contributed by atoms with Crippen molar-refractivity contribution >= 4 is 23.2 Å². The molecule has 2 fully saturated rings. The Morgan fingerprint density at radius 1 is 1.14 bits per heavy atom. The van der Waals surface area contributed by atoms with Crippen molar-refractivity contribution in [1.29, 1.82) is 0 Å². The molecule has 1 aliphatic carbocycles. The van der Waals surface area contributed by atoms with Crippen LogP contribution in [0.25, 0.3) is 5.57 Å². The fraction of sp³-hybridized carbons (Fsp3) is 0.524. The zero-order valence-electron chi connectivity index (χ0n) is 16.4. The molecule has 0 radical (unpaired) electrons. The second-order valence-electron chi connectivity index (χ2n) is 7.63. The lowest BCUT2D eigenvalue weighted by Crippen LogP contribution is -2.44. The van der Waals surface area contributed by atoms with Crippen LogP contribution in [0.15, 0.2) is 24.6 Å². The minimum atomic E-state index is 0.0479. The number of nitrogens with zero attached hydrogens (tertiary/aromatic N) is 4. The summed E-state index contributed by atoms with van der Waals surface area (Å²) in [6.45, 7) is 4.93. The summed E-state index contributed by atoms with van der Waals surface area (Å²) in [6.07, 6.45) is 11.6. The molecule has 3 aliphatic rings. The van der Waals surface area contributed by atoms with Gasteiger partial charge in [0.1, 0.15) is 12.1 Å². The summed E-state index contributed by atoms with van der Waals surface area (Å²) < 4.78 is 0. The highest BCUT2D eigenvalue weighted by Gasteiger charge is 2.31. The molecule has 3 heterocycles. The van der Waals surface area contributed by atoms with E-state index >= 15 is 0 Å². The summed E-state index contributed by atoms with van der Waals surface area (Å²) in [7, 11) is 0. The summed E-state index contributed by atoms with van der Waals surface area (Å²) in [5, 5.41) is 3.50. The SMILES string of the molecule is C/C=C/C(=O)N1CCC[C@@H](Nc2ncnc3c2C(C(=O)N2CCCC2)=CC3)C1. The minimum absolute atomic E-state index is 0.0479. The van der Waals surface area contributed by atoms with Crippen LogP contribution in [-0.4, -0.2) is 63.8 Å². The molecule has 2 amide bonds. The van der Waals surface area contributed by atoms with Gasteiger partial charge in [-0.3, -0.25) is 9.59 Å². The molecule has 7 nitrogen and oxygen atoms in total. The number of fused-ring (bicyclic) bond motifs is 1. The maximum Gasteiger partial charge on any atom is 0.254 e. The van der Waals surface area contributed by atoms with Gasteiger partial charge < -0.3 is 15.1 Å². The van der Waals surface area contributed by atoms with Gasteiger partial charge >= 0.3 is 0 Å². The zero-order chi connectivity index (χ0) is 19.5. The third-order valence-corrected chi connectivity index (χ3v) is 5.70. The highest BCUT2D eigenvalue weighted by atomic mass is 16.2. The third kappa shape index (κ3) is 3.66. The van der Waals surface area contributed by atoms with Crippen LogP contribution in [0, 0.1) is 0 Å². The highest BCUT2D eigenvalue weighted by Crippen LogP contribution is 2.34. The van der Waals surface area contributed by atoms with Crippen LogP contribution in [-0.2, 0) is 16.0 Å². The Bertz CT molecular complexity index is 826. The molecule has 1 aromatic rings. The van der Waals surface area contributed by atoms with E-state index in [1.807, 2.05) is 22.8 Å². The normalized spacial score (nSPS) is 21.8. The molecular formula is C21H27N5O2. The molecule has 0 bridgehead atoms. The molecule has 7 heteroatoms. The van der Waals surface area contributed by atoms with Gasteiger partial charge in [-0.25, -0.2) is 9.97 Å². The first-order chi connectivity index (χ1) is 13.7. The van der Waals surface area contributed by atoms with Crippen LogP contribution >= 0.6 is 0 Å². The Labute approximate surface area is 165 Å². The van der Waals surface area contributed by atoms with E-state index in [4.69, 9.17) is 0 Å². The standard InChI is InChI=1S/C21H27N5O2/c1-2-6-18(27)26-12-5-7-15(13-26)24-20-19-16(8-9-17(19)22-14-23-20)21(28)25-10-3-4-11-25/h2,6,8,14-15H,3-5,7,9-13H2,1H3,(H,22,23,24)/b6-2+/t15-/m1/s1. The fourth-order valence-corrected chi connectivity index (χ4v) is 4.29. The summed E-state index contributed by atoms with van der Waals surface area (Å²) in [5.74, 6) is 0.848. The van der Waals surface area contributed by atoms with Gasteiger partial charge in [0.15, 0.2) is 0 Å². The Balaban J connectivity index is 1.52. The van der Waals surface area contributed by atoms with Crippen LogP contribution in [0.2, 0.25) is 0 Å². The molecule has 0 aromatic carbocycles. The molecule has 4 rings (SSSR count). The van der Waals surface area contributed by atoms with Crippen molar-refractivity contribution < 1.29 is 9.59 Å². The summed E-state index contributed by atoms with van der Waals surface area (Å²) >= 11 is 0. The van der Waals surface area contributed by atoms with E-state index in [9.17, 15) is 9.59 Å². The van der Waals surface area contributed by atoms with Crippen molar-refractivity contribution in [2.45, 2.75) is 45.1 Å². The first kappa shape index (κ1) is 18.7. The van der Waals surface area contributed by atoms with Gasteiger partial charge in [-0.15, -0.1) is 0 Å². The number of rotatable bonds is 4. The van der Waals surface area contributed by atoms with E-state index in [-0.39, 0.29) is 17.9 Å². The smallest absolute Gasteiger partial charge is 0.254 e. The Morgan fingerprint density at radius 3 is 2.71 bits per heavy atom. The number of carbonyl (C=O) groups is 2. The number of amides is 2. The topological polar surface area (TPSA) is 78.4 Å². The van der Waals surface area contributed by atoms with Crippen LogP contribution in [0.4, 0.5) is 5.82 Å². The van der Waals surface area contributed by atoms with Crippen LogP contribution in [0.1, 0.15) is 43.9 Å². The van der Waals surface area contributed by atoms with Gasteiger partial charge in [-0.2, -0.15) is 0 Å². The monoisotopic (exact) mass is 381 g/mol. The second-order valence-corrected chi connectivity index (χ2v) is 7.63. The lowest BCUT2D eigenvalue weighted by molar-refractivity contribution is -0.127. The van der Waals surface area contributed by atoms with Crippen molar-refractivity contribution in [2.75, 3.05) is 31.5 Å². The number of anilines is 1. The Kier molecular flexibility index (Phi) is 5.41. The number of carbonyl (C=O) groups excluding carboxylic acids is 2. The molecule has 148 valence electrons. The van der Waals surface area contributed by atoms with Gasteiger partial charge in [0.25, 0.3) is 5.91 Å². The van der Waals surface area contributed by atoms with Gasteiger partial charge in [-0.1, -0.05) is 12.2 Å². The van der Waals surface area contributed by atoms with E-state index in [0.717, 1.165) is 62.1 Å². The molecule has 0 unspecified atom stereocenters. The number of piperidine rings is 1. The van der Waals surface area contributed by atoms with Crippen LogP contribution in [0.3, 0.4) is 0 Å². The molecule has 0 saturated carbocycles. The average Bonchev–Trinajstić information content (AvgIpc) is 3.38. The van der Waals surface area contributed by atoms with Crippen molar-refractivity contribution in [1.82, 2.24) is 19.8 Å². The van der Waals surface area contributed by atoms with Gasteiger partial charge in [-0.05, 0) is 38.7 Å². The molecule has 2 saturated heterocycles. The Hall–Kier alpha value is -2.70. The quantitative estimate of drug-likeness (QED) is 0.808. The highest BCUT2D eigenvalue weighted by molar-refractivity contribution is 6.22. The maximum atomic E-state index is 13.0. The number of likely N-dealkylation sites (tertiary alicyclic amines) is 2. The van der Waals surface area contributed by atoms with Crippen molar-refractivity contribution in [3.05, 3.63) is 35.8 Å². The molecule has 28 heavy (non-hydrogen) atoms. The van der Waals surface area contributed by atoms with E-state index < -0.39 is 0 Å². The van der Waals surface area contributed by atoms with E-state index in [2.05, 4.69) is 15.3 Å². The molecule has 1 N–H and O–H groups in total. The minimum Gasteiger partial charge on any atom is -0.365 e. The number of nitrogens with one attached hydrogen (secondary N) is 1. The van der Waals surface area contributed by atoms with E-state index in [0.29, 0.717) is 18.8 Å². The molecule has 1 atom stereocenters. The van der Waals surface area contributed by atoms with E-state index in [1.165, 1.54) is 0 Å². The number of hydrogen-bond acceptors (Lipinski definition) is 5. The fourth-order valence-electron chi connectivity index (χ4n) is 4.29. The van der Waals surface area contributed by atoms with Crippen molar-refractivity contribution in [3.8, 4) is 0 Å². The lowest BCUT2D eigenvalue weighted by atomic mass is 10.0.